The van der Waals surface area contributed by atoms with Crippen molar-refractivity contribution in [2.45, 2.75) is 25.6 Å². The standard InChI is InChI=1S/C9H14O2/c1-4-6-8(3)9(10,11)7-5-2/h2,4,8,10-11H,1,6-7H2,3H3. The molecule has 0 spiro atoms. The summed E-state index contributed by atoms with van der Waals surface area (Å²) in [5.41, 5.74) is 0. The van der Waals surface area contributed by atoms with Crippen LogP contribution in [0.2, 0.25) is 0 Å². The molecule has 11 heavy (non-hydrogen) atoms. The van der Waals surface area contributed by atoms with Crippen LogP contribution in [0, 0.1) is 18.3 Å². The van der Waals surface area contributed by atoms with E-state index in [2.05, 4.69) is 12.5 Å². The quantitative estimate of drug-likeness (QED) is 0.359. The summed E-state index contributed by atoms with van der Waals surface area (Å²) in [5, 5.41) is 18.6. The monoisotopic (exact) mass is 154 g/mol. The van der Waals surface area contributed by atoms with Crippen LogP contribution in [0.4, 0.5) is 0 Å². The molecule has 0 aromatic rings. The Hall–Kier alpha value is -0.780. The average molecular weight is 154 g/mol. The lowest BCUT2D eigenvalue weighted by Gasteiger charge is -2.25. The molecule has 2 nitrogen and oxygen atoms in total. The van der Waals surface area contributed by atoms with Gasteiger partial charge >= 0.3 is 0 Å². The minimum absolute atomic E-state index is 0.0397. The molecule has 0 bridgehead atoms. The topological polar surface area (TPSA) is 40.5 Å². The van der Waals surface area contributed by atoms with Crippen molar-refractivity contribution in [2.75, 3.05) is 0 Å². The van der Waals surface area contributed by atoms with Gasteiger partial charge in [0.1, 0.15) is 0 Å². The molecule has 0 rings (SSSR count). The summed E-state index contributed by atoms with van der Waals surface area (Å²) in [5.74, 6) is 0.198. The lowest BCUT2D eigenvalue weighted by molar-refractivity contribution is -0.190. The summed E-state index contributed by atoms with van der Waals surface area (Å²) in [6, 6.07) is 0. The second kappa shape index (κ2) is 4.17. The molecule has 2 heteroatoms. The maximum Gasteiger partial charge on any atom is 0.176 e. The fraction of sp³-hybridized carbons (Fsp3) is 0.556. The van der Waals surface area contributed by atoms with Gasteiger partial charge in [0.25, 0.3) is 0 Å². The molecule has 0 aromatic heterocycles. The van der Waals surface area contributed by atoms with Crippen LogP contribution in [-0.4, -0.2) is 16.0 Å². The van der Waals surface area contributed by atoms with Crippen molar-refractivity contribution in [3.63, 3.8) is 0 Å². The Bertz CT molecular complexity index is 165. The summed E-state index contributed by atoms with van der Waals surface area (Å²) in [4.78, 5) is 0. The van der Waals surface area contributed by atoms with E-state index in [1.807, 2.05) is 0 Å². The Kier molecular flexibility index (Phi) is 3.88. The number of hydrogen-bond acceptors (Lipinski definition) is 2. The molecule has 0 saturated heterocycles. The van der Waals surface area contributed by atoms with Crippen molar-refractivity contribution in [3.05, 3.63) is 12.7 Å². The van der Waals surface area contributed by atoms with Gasteiger partial charge in [0.15, 0.2) is 5.79 Å². The molecule has 0 aliphatic carbocycles. The fourth-order valence-electron chi connectivity index (χ4n) is 0.763. The number of allylic oxidation sites excluding steroid dienone is 1. The van der Waals surface area contributed by atoms with E-state index >= 15 is 0 Å². The first-order valence-corrected chi connectivity index (χ1v) is 3.53. The van der Waals surface area contributed by atoms with Crippen molar-refractivity contribution in [3.8, 4) is 12.3 Å². The van der Waals surface area contributed by atoms with E-state index in [0.717, 1.165) is 0 Å². The highest BCUT2D eigenvalue weighted by atomic mass is 16.5. The van der Waals surface area contributed by atoms with Crippen LogP contribution in [0.15, 0.2) is 12.7 Å². The van der Waals surface area contributed by atoms with Crippen LogP contribution < -0.4 is 0 Å². The second-order valence-electron chi connectivity index (χ2n) is 2.68. The van der Waals surface area contributed by atoms with E-state index in [1.165, 1.54) is 0 Å². The van der Waals surface area contributed by atoms with Gasteiger partial charge in [-0.25, -0.2) is 0 Å². The highest BCUT2D eigenvalue weighted by molar-refractivity contribution is 4.93. The van der Waals surface area contributed by atoms with Gasteiger partial charge in [0.2, 0.25) is 0 Å². The molecule has 0 amide bonds. The van der Waals surface area contributed by atoms with E-state index in [9.17, 15) is 10.2 Å². The van der Waals surface area contributed by atoms with Crippen LogP contribution in [-0.2, 0) is 0 Å². The third kappa shape index (κ3) is 3.22. The number of terminal acetylenes is 1. The van der Waals surface area contributed by atoms with Crippen molar-refractivity contribution >= 4 is 0 Å². The Balaban J connectivity index is 4.06. The molecule has 2 N–H and O–H groups in total. The lowest BCUT2D eigenvalue weighted by Crippen LogP contribution is -2.35. The molecule has 0 radical (unpaired) electrons. The Morgan fingerprint density at radius 1 is 1.73 bits per heavy atom. The van der Waals surface area contributed by atoms with Gasteiger partial charge in [-0.05, 0) is 6.42 Å². The zero-order valence-electron chi connectivity index (χ0n) is 6.75. The highest BCUT2D eigenvalue weighted by Crippen LogP contribution is 2.20. The molecule has 1 unspecified atom stereocenters. The predicted molar refractivity (Wildman–Crippen MR) is 44.6 cm³/mol. The van der Waals surface area contributed by atoms with Gasteiger partial charge in [-0.15, -0.1) is 18.9 Å². The number of hydrogen-bond donors (Lipinski definition) is 2. The molecule has 0 aromatic carbocycles. The first-order valence-electron chi connectivity index (χ1n) is 3.53. The summed E-state index contributed by atoms with van der Waals surface area (Å²) in [7, 11) is 0. The Morgan fingerprint density at radius 3 is 2.64 bits per heavy atom. The van der Waals surface area contributed by atoms with Crippen LogP contribution in [0.5, 0.6) is 0 Å². The molecule has 62 valence electrons. The third-order valence-corrected chi connectivity index (χ3v) is 1.67. The highest BCUT2D eigenvalue weighted by Gasteiger charge is 2.28. The maximum atomic E-state index is 9.28. The third-order valence-electron chi connectivity index (χ3n) is 1.67. The lowest BCUT2D eigenvalue weighted by atomic mass is 9.95. The van der Waals surface area contributed by atoms with Gasteiger partial charge in [-0.1, -0.05) is 13.0 Å². The largest absolute Gasteiger partial charge is 0.365 e. The van der Waals surface area contributed by atoms with Crippen molar-refractivity contribution < 1.29 is 10.2 Å². The zero-order valence-corrected chi connectivity index (χ0v) is 6.75. The summed E-state index contributed by atoms with van der Waals surface area (Å²) in [6.45, 7) is 5.22. The number of aliphatic hydroxyl groups is 2. The molecule has 0 heterocycles. The Morgan fingerprint density at radius 2 is 2.27 bits per heavy atom. The Labute approximate surface area is 67.6 Å². The molecule has 0 aliphatic rings. The summed E-state index contributed by atoms with van der Waals surface area (Å²) >= 11 is 0. The van der Waals surface area contributed by atoms with Gasteiger partial charge in [0, 0.05) is 5.92 Å². The van der Waals surface area contributed by atoms with E-state index in [0.29, 0.717) is 6.42 Å². The van der Waals surface area contributed by atoms with E-state index in [-0.39, 0.29) is 12.3 Å². The van der Waals surface area contributed by atoms with E-state index < -0.39 is 5.79 Å². The summed E-state index contributed by atoms with van der Waals surface area (Å²) < 4.78 is 0. The van der Waals surface area contributed by atoms with Crippen LogP contribution in [0.3, 0.4) is 0 Å². The van der Waals surface area contributed by atoms with Crippen molar-refractivity contribution in [2.24, 2.45) is 5.92 Å². The predicted octanol–water partition coefficient (Wildman–Crippen LogP) is 0.903. The van der Waals surface area contributed by atoms with Gasteiger partial charge in [-0.2, -0.15) is 0 Å². The fourth-order valence-corrected chi connectivity index (χ4v) is 0.763. The van der Waals surface area contributed by atoms with Gasteiger partial charge in [-0.3, -0.25) is 0 Å². The minimum Gasteiger partial charge on any atom is -0.365 e. The van der Waals surface area contributed by atoms with Crippen molar-refractivity contribution in [1.29, 1.82) is 0 Å². The van der Waals surface area contributed by atoms with Crippen molar-refractivity contribution in [1.82, 2.24) is 0 Å². The first-order chi connectivity index (χ1) is 5.04. The average Bonchev–Trinajstić information content (AvgIpc) is 1.88. The number of rotatable bonds is 4. The summed E-state index contributed by atoms with van der Waals surface area (Å²) in [6.07, 6.45) is 7.10. The van der Waals surface area contributed by atoms with E-state index in [1.54, 1.807) is 13.0 Å². The molecule has 1 atom stereocenters. The van der Waals surface area contributed by atoms with E-state index in [4.69, 9.17) is 6.42 Å². The van der Waals surface area contributed by atoms with Gasteiger partial charge < -0.3 is 10.2 Å². The van der Waals surface area contributed by atoms with Gasteiger partial charge in [0.05, 0.1) is 6.42 Å². The van der Waals surface area contributed by atoms with Crippen LogP contribution >= 0.6 is 0 Å². The minimum atomic E-state index is -1.75. The van der Waals surface area contributed by atoms with Crippen LogP contribution in [0.1, 0.15) is 19.8 Å². The molecular weight excluding hydrogens is 140 g/mol. The SMILES string of the molecule is C#CCC(O)(O)C(C)CC=C. The smallest absolute Gasteiger partial charge is 0.176 e. The first kappa shape index (κ1) is 10.2. The zero-order chi connectivity index (χ0) is 8.91. The molecule has 0 aliphatic heterocycles. The maximum absolute atomic E-state index is 9.28. The molecule has 0 fully saturated rings. The normalized spacial score (nSPS) is 13.6. The second-order valence-corrected chi connectivity index (χ2v) is 2.68. The molecular formula is C9H14O2. The molecule has 0 saturated carbocycles. The van der Waals surface area contributed by atoms with Crippen LogP contribution in [0.25, 0.3) is 0 Å².